The van der Waals surface area contributed by atoms with Crippen LogP contribution in [0.2, 0.25) is 0 Å². The van der Waals surface area contributed by atoms with E-state index in [1.165, 1.54) is 35.7 Å². The van der Waals surface area contributed by atoms with Gasteiger partial charge in [0.25, 0.3) is 5.69 Å². The molecule has 0 bridgehead atoms. The van der Waals surface area contributed by atoms with Gasteiger partial charge in [0.15, 0.2) is 5.88 Å². The fraction of sp³-hybridized carbons (Fsp3) is 0. The lowest BCUT2D eigenvalue weighted by molar-refractivity contribution is -0.384. The fourth-order valence-corrected chi connectivity index (χ4v) is 1.01. The maximum Gasteiger partial charge on any atom is 0.269 e. The first kappa shape index (κ1) is 11.1. The molecule has 0 saturated carbocycles. The molecule has 0 aromatic heterocycles. The summed E-state index contributed by atoms with van der Waals surface area (Å²) in [5.74, 6) is 0.560. The molecule has 0 unspecified atom stereocenters. The second-order valence-corrected chi connectivity index (χ2v) is 2.83. The van der Waals surface area contributed by atoms with E-state index in [1.807, 2.05) is 0 Å². The van der Waals surface area contributed by atoms with Gasteiger partial charge in [-0.25, -0.2) is 0 Å². The standard InChI is InChI=1S/C9H8N2O3S/c10-9(5-6-15)14-8-3-1-7(2-4-8)11(12)13/h1-6H,10H2/b9-5+. The second-order valence-electron chi connectivity index (χ2n) is 2.56. The zero-order chi connectivity index (χ0) is 11.3. The molecule has 0 atom stereocenters. The molecule has 78 valence electrons. The predicted molar refractivity (Wildman–Crippen MR) is 59.6 cm³/mol. The molecule has 1 aromatic carbocycles. The van der Waals surface area contributed by atoms with Gasteiger partial charge >= 0.3 is 0 Å². The molecule has 6 heteroatoms. The van der Waals surface area contributed by atoms with Crippen molar-refractivity contribution in [1.29, 1.82) is 0 Å². The molecule has 1 aromatic rings. The lowest BCUT2D eigenvalue weighted by Crippen LogP contribution is -2.05. The molecule has 0 amide bonds. The lowest BCUT2D eigenvalue weighted by atomic mass is 10.3. The van der Waals surface area contributed by atoms with E-state index in [0.29, 0.717) is 5.75 Å². The largest absolute Gasteiger partial charge is 0.442 e. The number of allylic oxidation sites excluding steroid dienone is 1. The first-order valence-electron chi connectivity index (χ1n) is 3.96. The smallest absolute Gasteiger partial charge is 0.269 e. The van der Waals surface area contributed by atoms with Crippen LogP contribution in [0.25, 0.3) is 0 Å². The molecule has 0 saturated heterocycles. The van der Waals surface area contributed by atoms with Gasteiger partial charge in [-0.2, -0.15) is 0 Å². The van der Waals surface area contributed by atoms with Crippen LogP contribution in [-0.2, 0) is 0 Å². The Morgan fingerprint density at radius 3 is 2.53 bits per heavy atom. The Balaban J connectivity index is 2.77. The van der Waals surface area contributed by atoms with E-state index >= 15 is 0 Å². The number of ether oxygens (including phenoxy) is 1. The van der Waals surface area contributed by atoms with Gasteiger partial charge in [-0.15, -0.1) is 0 Å². The summed E-state index contributed by atoms with van der Waals surface area (Å²) in [5.41, 5.74) is 5.42. The average molecular weight is 224 g/mol. The van der Waals surface area contributed by atoms with Gasteiger partial charge in [-0.3, -0.25) is 10.1 Å². The number of thiocarbonyl (C=S) groups is 1. The van der Waals surface area contributed by atoms with E-state index in [9.17, 15) is 10.1 Å². The highest BCUT2D eigenvalue weighted by Gasteiger charge is 2.04. The maximum absolute atomic E-state index is 10.3. The molecule has 0 aliphatic rings. The summed E-state index contributed by atoms with van der Waals surface area (Å²) in [6, 6.07) is 5.59. The first-order chi connectivity index (χ1) is 7.13. The summed E-state index contributed by atoms with van der Waals surface area (Å²) in [6.07, 6.45) is 1.41. The highest BCUT2D eigenvalue weighted by Crippen LogP contribution is 2.18. The molecule has 0 heterocycles. The van der Waals surface area contributed by atoms with Crippen molar-refractivity contribution in [3.63, 3.8) is 0 Å². The van der Waals surface area contributed by atoms with Crippen LogP contribution in [0.15, 0.2) is 36.2 Å². The number of hydrogen-bond donors (Lipinski definition) is 1. The number of nitro benzene ring substituents is 1. The topological polar surface area (TPSA) is 78.4 Å². The zero-order valence-corrected chi connectivity index (χ0v) is 8.44. The van der Waals surface area contributed by atoms with Crippen LogP contribution in [0.3, 0.4) is 0 Å². The monoisotopic (exact) mass is 224 g/mol. The third-order valence-electron chi connectivity index (χ3n) is 1.52. The summed E-state index contributed by atoms with van der Waals surface area (Å²) in [4.78, 5) is 9.86. The third-order valence-corrected chi connectivity index (χ3v) is 1.65. The Morgan fingerprint density at radius 2 is 2.07 bits per heavy atom. The molecular formula is C9H8N2O3S. The summed E-state index contributed by atoms with van der Waals surface area (Å²) >= 11 is 4.55. The van der Waals surface area contributed by atoms with Crippen LogP contribution in [-0.4, -0.2) is 10.3 Å². The average Bonchev–Trinajstić information content (AvgIpc) is 2.18. The zero-order valence-electron chi connectivity index (χ0n) is 7.62. The summed E-state index contributed by atoms with van der Waals surface area (Å²) in [5, 5.41) is 11.7. The van der Waals surface area contributed by atoms with Gasteiger partial charge in [0.1, 0.15) is 5.75 Å². The van der Waals surface area contributed by atoms with Crippen LogP contribution >= 0.6 is 12.2 Å². The number of benzene rings is 1. The first-order valence-corrected chi connectivity index (χ1v) is 4.44. The van der Waals surface area contributed by atoms with Crippen molar-refractivity contribution >= 4 is 23.3 Å². The summed E-state index contributed by atoms with van der Waals surface area (Å²) < 4.78 is 5.11. The number of nitro groups is 1. The Bertz CT molecular complexity index is 400. The van der Waals surface area contributed by atoms with Crippen molar-refractivity contribution in [3.05, 3.63) is 46.3 Å². The minimum Gasteiger partial charge on any atom is -0.442 e. The number of nitrogens with zero attached hydrogens (tertiary/aromatic N) is 1. The second kappa shape index (κ2) is 5.06. The molecule has 15 heavy (non-hydrogen) atoms. The van der Waals surface area contributed by atoms with Gasteiger partial charge in [-0.05, 0) is 12.1 Å². The fourth-order valence-electron chi connectivity index (χ4n) is 0.873. The molecule has 0 spiro atoms. The van der Waals surface area contributed by atoms with E-state index in [4.69, 9.17) is 10.5 Å². The summed E-state index contributed by atoms with van der Waals surface area (Å²) in [7, 11) is 0. The molecule has 0 radical (unpaired) electrons. The number of non-ortho nitro benzene ring substituents is 1. The van der Waals surface area contributed by atoms with Crippen LogP contribution in [0.1, 0.15) is 0 Å². The van der Waals surface area contributed by atoms with Crippen LogP contribution in [0.4, 0.5) is 5.69 Å². The molecule has 0 fully saturated rings. The van der Waals surface area contributed by atoms with E-state index in [-0.39, 0.29) is 11.6 Å². The minimum absolute atomic E-state index is 0.000247. The highest BCUT2D eigenvalue weighted by atomic mass is 32.1. The lowest BCUT2D eigenvalue weighted by Gasteiger charge is -2.03. The number of nitrogens with two attached hydrogens (primary N) is 1. The molecule has 0 aliphatic carbocycles. The SMILES string of the molecule is N/C(=C\C=S)Oc1ccc([N+](=O)[O-])cc1. The van der Waals surface area contributed by atoms with Gasteiger partial charge < -0.3 is 10.5 Å². The van der Waals surface area contributed by atoms with Gasteiger partial charge in [0.2, 0.25) is 0 Å². The Hall–Kier alpha value is -1.95. The van der Waals surface area contributed by atoms with Crippen molar-refractivity contribution in [1.82, 2.24) is 0 Å². The molecule has 0 aliphatic heterocycles. The van der Waals surface area contributed by atoms with Crippen molar-refractivity contribution < 1.29 is 9.66 Å². The molecule has 1 rings (SSSR count). The quantitative estimate of drug-likeness (QED) is 0.277. The van der Waals surface area contributed by atoms with Crippen molar-refractivity contribution in [3.8, 4) is 5.75 Å². The minimum atomic E-state index is -0.486. The van der Waals surface area contributed by atoms with Crippen LogP contribution < -0.4 is 10.5 Å². The Labute approximate surface area is 91.3 Å². The van der Waals surface area contributed by atoms with Crippen LogP contribution in [0, 0.1) is 10.1 Å². The number of rotatable bonds is 4. The Morgan fingerprint density at radius 1 is 1.47 bits per heavy atom. The highest BCUT2D eigenvalue weighted by molar-refractivity contribution is 7.79. The van der Waals surface area contributed by atoms with Gasteiger partial charge in [0.05, 0.1) is 4.92 Å². The Kier molecular flexibility index (Phi) is 3.75. The number of hydrogen-bond acceptors (Lipinski definition) is 5. The van der Waals surface area contributed by atoms with E-state index in [0.717, 1.165) is 0 Å². The third kappa shape index (κ3) is 3.35. The molecule has 5 nitrogen and oxygen atoms in total. The van der Waals surface area contributed by atoms with E-state index in [1.54, 1.807) is 0 Å². The van der Waals surface area contributed by atoms with E-state index < -0.39 is 4.92 Å². The van der Waals surface area contributed by atoms with Crippen molar-refractivity contribution in [2.24, 2.45) is 5.73 Å². The van der Waals surface area contributed by atoms with Gasteiger partial charge in [-0.1, -0.05) is 12.2 Å². The van der Waals surface area contributed by atoms with Gasteiger partial charge in [0, 0.05) is 23.6 Å². The predicted octanol–water partition coefficient (Wildman–Crippen LogP) is 1.77. The molecule has 2 N–H and O–H groups in total. The van der Waals surface area contributed by atoms with E-state index in [2.05, 4.69) is 12.2 Å². The maximum atomic E-state index is 10.3. The molecular weight excluding hydrogens is 216 g/mol. The normalized spacial score (nSPS) is 10.8. The summed E-state index contributed by atoms with van der Waals surface area (Å²) in [6.45, 7) is 0. The van der Waals surface area contributed by atoms with Crippen molar-refractivity contribution in [2.45, 2.75) is 0 Å². The van der Waals surface area contributed by atoms with Crippen LogP contribution in [0.5, 0.6) is 5.75 Å². The van der Waals surface area contributed by atoms with Crippen molar-refractivity contribution in [2.75, 3.05) is 0 Å².